The molecule has 0 spiro atoms. The quantitative estimate of drug-likeness (QED) is 0.752. The molecule has 8 nitrogen and oxygen atoms in total. The summed E-state index contributed by atoms with van der Waals surface area (Å²) in [7, 11) is 1.48. The van der Waals surface area contributed by atoms with Gasteiger partial charge in [-0.3, -0.25) is 9.59 Å². The zero-order valence-electron chi connectivity index (χ0n) is 13.4. The van der Waals surface area contributed by atoms with E-state index in [-0.39, 0.29) is 23.8 Å². The van der Waals surface area contributed by atoms with Crippen LogP contribution in [0.15, 0.2) is 24.3 Å². The van der Waals surface area contributed by atoms with Crippen molar-refractivity contribution < 1.29 is 29.0 Å². The number of likely N-dealkylation sites (N-methyl/N-ethyl adjacent to an activating group) is 1. The van der Waals surface area contributed by atoms with Crippen molar-refractivity contribution in [3.8, 4) is 5.75 Å². The first-order chi connectivity index (χ1) is 11.5. The van der Waals surface area contributed by atoms with Gasteiger partial charge in [-0.15, -0.1) is 0 Å². The van der Waals surface area contributed by atoms with Gasteiger partial charge in [0.25, 0.3) is 5.91 Å². The molecule has 1 aliphatic heterocycles. The van der Waals surface area contributed by atoms with Crippen LogP contribution < -0.4 is 0 Å². The minimum absolute atomic E-state index is 0.0315. The van der Waals surface area contributed by atoms with Crippen LogP contribution in [-0.4, -0.2) is 79.2 Å². The third-order valence-corrected chi connectivity index (χ3v) is 3.59. The largest absolute Gasteiger partial charge is 0.508 e. The van der Waals surface area contributed by atoms with E-state index in [1.54, 1.807) is 4.90 Å². The van der Waals surface area contributed by atoms with Crippen molar-refractivity contribution in [3.05, 3.63) is 29.8 Å². The molecule has 8 heteroatoms. The molecule has 1 saturated heterocycles. The molecule has 0 atom stereocenters. The van der Waals surface area contributed by atoms with Gasteiger partial charge in [0.2, 0.25) is 5.91 Å². The molecule has 0 bridgehead atoms. The van der Waals surface area contributed by atoms with Gasteiger partial charge in [-0.1, -0.05) is 0 Å². The molecule has 0 unspecified atom stereocenters. The second kappa shape index (κ2) is 8.30. The first-order valence-electron chi connectivity index (χ1n) is 7.53. The fraction of sp³-hybridized carbons (Fsp3) is 0.438. The van der Waals surface area contributed by atoms with Crippen molar-refractivity contribution in [3.63, 3.8) is 0 Å². The Labute approximate surface area is 139 Å². The highest BCUT2D eigenvalue weighted by Crippen LogP contribution is 2.10. The first kappa shape index (κ1) is 17.7. The lowest BCUT2D eigenvalue weighted by Crippen LogP contribution is -2.46. The number of hydrogen-bond donors (Lipinski definition) is 1. The van der Waals surface area contributed by atoms with Gasteiger partial charge in [0, 0.05) is 20.1 Å². The number of esters is 1. The number of benzene rings is 1. The molecule has 0 radical (unpaired) electrons. The maximum atomic E-state index is 12.0. The van der Waals surface area contributed by atoms with E-state index in [0.29, 0.717) is 26.3 Å². The molecule has 1 fully saturated rings. The van der Waals surface area contributed by atoms with Gasteiger partial charge in [0.15, 0.2) is 6.61 Å². The van der Waals surface area contributed by atoms with E-state index in [2.05, 4.69) is 0 Å². The molecule has 0 aliphatic carbocycles. The van der Waals surface area contributed by atoms with Gasteiger partial charge >= 0.3 is 5.97 Å². The average Bonchev–Trinajstić information content (AvgIpc) is 2.60. The minimum atomic E-state index is -0.670. The molecule has 1 aliphatic rings. The Bertz CT molecular complexity index is 595. The van der Waals surface area contributed by atoms with Crippen molar-refractivity contribution in [1.29, 1.82) is 0 Å². The van der Waals surface area contributed by atoms with E-state index in [0.717, 1.165) is 0 Å². The molecule has 24 heavy (non-hydrogen) atoms. The predicted octanol–water partition coefficient (Wildman–Crippen LogP) is -0.134. The summed E-state index contributed by atoms with van der Waals surface area (Å²) in [6.07, 6.45) is 0. The summed E-state index contributed by atoms with van der Waals surface area (Å²) < 4.78 is 10.1. The van der Waals surface area contributed by atoms with Gasteiger partial charge in [-0.2, -0.15) is 0 Å². The van der Waals surface area contributed by atoms with Crippen LogP contribution in [0.5, 0.6) is 5.75 Å². The summed E-state index contributed by atoms with van der Waals surface area (Å²) >= 11 is 0. The SMILES string of the molecule is CN(CC(=O)N1CCOCC1)C(=O)COC(=O)c1ccc(O)cc1. The average molecular weight is 336 g/mol. The summed E-state index contributed by atoms with van der Waals surface area (Å²) in [4.78, 5) is 38.7. The number of phenolic OH excluding ortho intramolecular Hbond substituents is 1. The predicted molar refractivity (Wildman–Crippen MR) is 83.4 cm³/mol. The number of aromatic hydroxyl groups is 1. The molecule has 1 aromatic rings. The number of phenols is 1. The van der Waals surface area contributed by atoms with Crippen LogP contribution in [0, 0.1) is 0 Å². The molecule has 1 aromatic carbocycles. The Kier molecular flexibility index (Phi) is 6.14. The van der Waals surface area contributed by atoms with Gasteiger partial charge in [-0.25, -0.2) is 4.79 Å². The van der Waals surface area contributed by atoms with Crippen LogP contribution in [0.1, 0.15) is 10.4 Å². The third-order valence-electron chi connectivity index (χ3n) is 3.59. The van der Waals surface area contributed by atoms with Gasteiger partial charge in [0.05, 0.1) is 25.3 Å². The molecule has 2 rings (SSSR count). The summed E-state index contributed by atoms with van der Waals surface area (Å²) in [5.41, 5.74) is 0.229. The van der Waals surface area contributed by atoms with E-state index in [4.69, 9.17) is 14.6 Å². The van der Waals surface area contributed by atoms with E-state index in [1.165, 1.54) is 36.2 Å². The zero-order valence-corrected chi connectivity index (χ0v) is 13.4. The molecular formula is C16H20N2O6. The number of carbonyl (C=O) groups is 3. The molecule has 130 valence electrons. The van der Waals surface area contributed by atoms with Crippen LogP contribution in [0.25, 0.3) is 0 Å². The van der Waals surface area contributed by atoms with Gasteiger partial charge < -0.3 is 24.4 Å². The van der Waals surface area contributed by atoms with Crippen molar-refractivity contribution in [2.24, 2.45) is 0 Å². The van der Waals surface area contributed by atoms with Crippen molar-refractivity contribution in [2.45, 2.75) is 0 Å². The molecule has 1 N–H and O–H groups in total. The summed E-state index contributed by atoms with van der Waals surface area (Å²) in [6.45, 7) is 1.48. The zero-order chi connectivity index (χ0) is 17.5. The molecule has 1 heterocycles. The normalized spacial score (nSPS) is 14.1. The number of ether oxygens (including phenoxy) is 2. The second-order valence-corrected chi connectivity index (χ2v) is 5.37. The minimum Gasteiger partial charge on any atom is -0.508 e. The molecule has 2 amide bonds. The maximum Gasteiger partial charge on any atom is 0.338 e. The lowest BCUT2D eigenvalue weighted by atomic mass is 10.2. The Hall–Kier alpha value is -2.61. The maximum absolute atomic E-state index is 12.0. The van der Waals surface area contributed by atoms with E-state index >= 15 is 0 Å². The number of hydrogen-bond acceptors (Lipinski definition) is 6. The number of morpholine rings is 1. The van der Waals surface area contributed by atoms with Crippen LogP contribution in [0.2, 0.25) is 0 Å². The molecular weight excluding hydrogens is 316 g/mol. The lowest BCUT2D eigenvalue weighted by Gasteiger charge is -2.28. The van der Waals surface area contributed by atoms with Crippen molar-refractivity contribution in [1.82, 2.24) is 9.80 Å². The number of amides is 2. The third kappa shape index (κ3) is 4.95. The van der Waals surface area contributed by atoms with Crippen molar-refractivity contribution >= 4 is 17.8 Å². The summed E-state index contributed by atoms with van der Waals surface area (Å²) in [6, 6.07) is 5.50. The van der Waals surface area contributed by atoms with Crippen LogP contribution in [0.4, 0.5) is 0 Å². The number of nitrogens with zero attached hydrogens (tertiary/aromatic N) is 2. The Morgan fingerprint density at radius 2 is 1.83 bits per heavy atom. The van der Waals surface area contributed by atoms with Crippen LogP contribution in [0.3, 0.4) is 0 Å². The standard InChI is InChI=1S/C16H20N2O6/c1-17(10-14(20)18-6-8-23-9-7-18)15(21)11-24-16(22)12-2-4-13(19)5-3-12/h2-5,19H,6-11H2,1H3. The van der Waals surface area contributed by atoms with E-state index < -0.39 is 18.5 Å². The van der Waals surface area contributed by atoms with Gasteiger partial charge in [0.1, 0.15) is 5.75 Å². The fourth-order valence-electron chi connectivity index (χ4n) is 2.12. The van der Waals surface area contributed by atoms with Crippen molar-refractivity contribution in [2.75, 3.05) is 46.5 Å². The van der Waals surface area contributed by atoms with Crippen LogP contribution in [-0.2, 0) is 19.1 Å². The summed E-state index contributed by atoms with van der Waals surface area (Å²) in [5, 5.41) is 9.16. The molecule has 0 saturated carbocycles. The lowest BCUT2D eigenvalue weighted by molar-refractivity contribution is -0.143. The molecule has 0 aromatic heterocycles. The number of carbonyl (C=O) groups excluding carboxylic acids is 3. The first-order valence-corrected chi connectivity index (χ1v) is 7.53. The second-order valence-electron chi connectivity index (χ2n) is 5.37. The smallest absolute Gasteiger partial charge is 0.338 e. The van der Waals surface area contributed by atoms with Gasteiger partial charge in [-0.05, 0) is 24.3 Å². The highest BCUT2D eigenvalue weighted by Gasteiger charge is 2.21. The Morgan fingerprint density at radius 3 is 2.46 bits per heavy atom. The highest BCUT2D eigenvalue weighted by atomic mass is 16.5. The van der Waals surface area contributed by atoms with E-state index in [1.807, 2.05) is 0 Å². The number of rotatable bonds is 5. The Morgan fingerprint density at radius 1 is 1.21 bits per heavy atom. The van der Waals surface area contributed by atoms with Crippen LogP contribution >= 0.6 is 0 Å². The van der Waals surface area contributed by atoms with E-state index in [9.17, 15) is 14.4 Å². The monoisotopic (exact) mass is 336 g/mol. The Balaban J connectivity index is 1.77. The summed E-state index contributed by atoms with van der Waals surface area (Å²) in [5.74, 6) is -1.28. The topological polar surface area (TPSA) is 96.4 Å². The highest BCUT2D eigenvalue weighted by molar-refractivity contribution is 5.92. The fourth-order valence-corrected chi connectivity index (χ4v) is 2.12.